The lowest BCUT2D eigenvalue weighted by atomic mass is 9.89. The molecule has 3 aliphatic heterocycles. The standard InChI is InChI=1S/C18H33N3O4/c1-2-25-17(23)19-9-6-18(24,7-10-19)14-21-13-15-4-3-8-20(15)12-16(21)5-11-22/h15-16,22,24H,2-14H2,1H3/t15?,16-/m0/s1. The van der Waals surface area contributed by atoms with Gasteiger partial charge in [-0.05, 0) is 45.6 Å². The predicted molar refractivity (Wildman–Crippen MR) is 94.4 cm³/mol. The van der Waals surface area contributed by atoms with Crippen molar-refractivity contribution in [2.24, 2.45) is 0 Å². The summed E-state index contributed by atoms with van der Waals surface area (Å²) < 4.78 is 5.06. The van der Waals surface area contributed by atoms with Gasteiger partial charge in [0.15, 0.2) is 0 Å². The maximum atomic E-state index is 11.8. The number of ether oxygens (including phenoxy) is 1. The van der Waals surface area contributed by atoms with Crippen molar-refractivity contribution in [3.05, 3.63) is 0 Å². The van der Waals surface area contributed by atoms with E-state index in [2.05, 4.69) is 9.80 Å². The number of piperidine rings is 1. The number of nitrogens with zero attached hydrogens (tertiary/aromatic N) is 3. The number of fused-ring (bicyclic) bond motifs is 1. The number of hydrogen-bond acceptors (Lipinski definition) is 6. The molecule has 3 saturated heterocycles. The second-order valence-electron chi connectivity index (χ2n) is 7.80. The Bertz CT molecular complexity index is 454. The fourth-order valence-electron chi connectivity index (χ4n) is 4.62. The Morgan fingerprint density at radius 3 is 2.68 bits per heavy atom. The monoisotopic (exact) mass is 355 g/mol. The van der Waals surface area contributed by atoms with Crippen LogP contribution in [0, 0.1) is 0 Å². The number of aliphatic hydroxyl groups is 2. The number of piperazine rings is 1. The van der Waals surface area contributed by atoms with Gasteiger partial charge < -0.3 is 19.8 Å². The highest BCUT2D eigenvalue weighted by atomic mass is 16.6. The van der Waals surface area contributed by atoms with E-state index in [4.69, 9.17) is 4.74 Å². The third kappa shape index (κ3) is 4.45. The highest BCUT2D eigenvalue weighted by molar-refractivity contribution is 5.67. The second kappa shape index (κ2) is 8.20. The summed E-state index contributed by atoms with van der Waals surface area (Å²) in [6.45, 7) is 7.25. The van der Waals surface area contributed by atoms with Crippen LogP contribution in [0.3, 0.4) is 0 Å². The molecule has 0 saturated carbocycles. The maximum Gasteiger partial charge on any atom is 0.409 e. The number of β-amino-alcohol motifs (C(OH)–C–C–N with tert-alkyl or cyclic N) is 1. The summed E-state index contributed by atoms with van der Waals surface area (Å²) in [7, 11) is 0. The van der Waals surface area contributed by atoms with Crippen LogP contribution < -0.4 is 0 Å². The lowest BCUT2D eigenvalue weighted by Crippen LogP contribution is -2.61. The van der Waals surface area contributed by atoms with Gasteiger partial charge in [-0.2, -0.15) is 0 Å². The first-order chi connectivity index (χ1) is 12.0. The van der Waals surface area contributed by atoms with Gasteiger partial charge in [0, 0.05) is 51.4 Å². The highest BCUT2D eigenvalue weighted by Gasteiger charge is 2.41. The molecule has 0 aliphatic carbocycles. The molecule has 3 fully saturated rings. The molecule has 0 bridgehead atoms. The molecule has 3 aliphatic rings. The van der Waals surface area contributed by atoms with Crippen molar-refractivity contribution in [1.29, 1.82) is 0 Å². The van der Waals surface area contributed by atoms with Crippen LogP contribution in [-0.2, 0) is 4.74 Å². The summed E-state index contributed by atoms with van der Waals surface area (Å²) in [5.74, 6) is 0. The van der Waals surface area contributed by atoms with E-state index in [1.54, 1.807) is 4.90 Å². The van der Waals surface area contributed by atoms with Crippen LogP contribution in [0.5, 0.6) is 0 Å². The van der Waals surface area contributed by atoms with Crippen molar-refractivity contribution < 1.29 is 19.7 Å². The molecule has 1 unspecified atom stereocenters. The third-order valence-corrected chi connectivity index (χ3v) is 6.09. The molecule has 7 nitrogen and oxygen atoms in total. The largest absolute Gasteiger partial charge is 0.450 e. The van der Waals surface area contributed by atoms with Gasteiger partial charge in [0.2, 0.25) is 0 Å². The summed E-state index contributed by atoms with van der Waals surface area (Å²) in [6, 6.07) is 0.907. The Labute approximate surface area is 150 Å². The van der Waals surface area contributed by atoms with E-state index in [1.807, 2.05) is 6.92 Å². The van der Waals surface area contributed by atoms with Gasteiger partial charge in [-0.25, -0.2) is 4.79 Å². The van der Waals surface area contributed by atoms with Crippen molar-refractivity contribution >= 4 is 6.09 Å². The van der Waals surface area contributed by atoms with Crippen LogP contribution in [0.25, 0.3) is 0 Å². The summed E-state index contributed by atoms with van der Waals surface area (Å²) in [4.78, 5) is 18.5. The van der Waals surface area contributed by atoms with Crippen LogP contribution in [0.1, 0.15) is 39.0 Å². The molecule has 144 valence electrons. The Morgan fingerprint density at radius 1 is 1.24 bits per heavy atom. The first-order valence-corrected chi connectivity index (χ1v) is 9.77. The fourth-order valence-corrected chi connectivity index (χ4v) is 4.62. The van der Waals surface area contributed by atoms with E-state index in [9.17, 15) is 15.0 Å². The van der Waals surface area contributed by atoms with Crippen molar-refractivity contribution in [2.45, 2.75) is 56.7 Å². The van der Waals surface area contributed by atoms with E-state index >= 15 is 0 Å². The number of hydrogen-bond donors (Lipinski definition) is 2. The smallest absolute Gasteiger partial charge is 0.409 e. The molecule has 2 atom stereocenters. The first-order valence-electron chi connectivity index (χ1n) is 9.77. The van der Waals surface area contributed by atoms with Crippen molar-refractivity contribution in [2.75, 3.05) is 52.5 Å². The lowest BCUT2D eigenvalue weighted by Gasteiger charge is -2.48. The van der Waals surface area contributed by atoms with Gasteiger partial charge in [-0.3, -0.25) is 9.80 Å². The van der Waals surface area contributed by atoms with Crippen molar-refractivity contribution in [3.8, 4) is 0 Å². The minimum absolute atomic E-state index is 0.189. The van der Waals surface area contributed by atoms with Gasteiger partial charge in [0.25, 0.3) is 0 Å². The SMILES string of the molecule is CCOC(=O)N1CCC(O)(CN2CC3CCCN3C[C@@H]2CCO)CC1. The second-order valence-corrected chi connectivity index (χ2v) is 7.80. The minimum atomic E-state index is -0.753. The molecule has 1 amide bonds. The highest BCUT2D eigenvalue weighted by Crippen LogP contribution is 2.30. The van der Waals surface area contributed by atoms with Crippen LogP contribution >= 0.6 is 0 Å². The number of aliphatic hydroxyl groups excluding tert-OH is 1. The average molecular weight is 355 g/mol. The first kappa shape index (κ1) is 18.9. The van der Waals surface area contributed by atoms with Crippen LogP contribution in [-0.4, -0.2) is 101 Å². The Hall–Kier alpha value is -0.890. The molecule has 3 rings (SSSR count). The summed E-state index contributed by atoms with van der Waals surface area (Å²) in [5.41, 5.74) is -0.753. The van der Waals surface area contributed by atoms with Crippen molar-refractivity contribution in [3.63, 3.8) is 0 Å². The molecule has 0 aromatic heterocycles. The van der Waals surface area contributed by atoms with E-state index in [1.165, 1.54) is 19.4 Å². The van der Waals surface area contributed by atoms with Gasteiger partial charge >= 0.3 is 6.09 Å². The van der Waals surface area contributed by atoms with E-state index in [0.717, 1.165) is 19.5 Å². The molecule has 0 aromatic carbocycles. The van der Waals surface area contributed by atoms with Gasteiger partial charge in [-0.15, -0.1) is 0 Å². The summed E-state index contributed by atoms with van der Waals surface area (Å²) >= 11 is 0. The Morgan fingerprint density at radius 2 is 2.00 bits per heavy atom. The maximum absolute atomic E-state index is 11.8. The zero-order chi connectivity index (χ0) is 17.9. The molecule has 0 aromatic rings. The molecule has 2 N–H and O–H groups in total. The van der Waals surface area contributed by atoms with Crippen LogP contribution in [0.2, 0.25) is 0 Å². The van der Waals surface area contributed by atoms with Gasteiger partial charge in [0.1, 0.15) is 0 Å². The minimum Gasteiger partial charge on any atom is -0.450 e. The average Bonchev–Trinajstić information content (AvgIpc) is 3.03. The van der Waals surface area contributed by atoms with Gasteiger partial charge in [0.05, 0.1) is 12.2 Å². The van der Waals surface area contributed by atoms with E-state index < -0.39 is 5.60 Å². The molecule has 3 heterocycles. The molecular weight excluding hydrogens is 322 g/mol. The number of amides is 1. The summed E-state index contributed by atoms with van der Waals surface area (Å²) in [5, 5.41) is 20.5. The molecule has 0 spiro atoms. The number of likely N-dealkylation sites (tertiary alicyclic amines) is 1. The van der Waals surface area contributed by atoms with Crippen LogP contribution in [0.4, 0.5) is 4.79 Å². The van der Waals surface area contributed by atoms with Crippen LogP contribution in [0.15, 0.2) is 0 Å². The van der Waals surface area contributed by atoms with E-state index in [-0.39, 0.29) is 12.7 Å². The van der Waals surface area contributed by atoms with Gasteiger partial charge in [-0.1, -0.05) is 0 Å². The lowest BCUT2D eigenvalue weighted by molar-refractivity contribution is -0.0700. The number of rotatable bonds is 5. The third-order valence-electron chi connectivity index (χ3n) is 6.09. The summed E-state index contributed by atoms with van der Waals surface area (Å²) in [6.07, 6.45) is 4.14. The molecule has 7 heteroatoms. The molecule has 25 heavy (non-hydrogen) atoms. The van der Waals surface area contributed by atoms with E-state index in [0.29, 0.717) is 51.2 Å². The topological polar surface area (TPSA) is 76.5 Å². The van der Waals surface area contributed by atoms with Crippen molar-refractivity contribution in [1.82, 2.24) is 14.7 Å². The molecule has 0 radical (unpaired) electrons. The fraction of sp³-hybridized carbons (Fsp3) is 0.944. The Kier molecular flexibility index (Phi) is 6.20. The predicted octanol–water partition coefficient (Wildman–Crippen LogP) is 0.501. The molecular formula is C18H33N3O4. The Balaban J connectivity index is 1.57. The normalized spacial score (nSPS) is 30.3. The zero-order valence-electron chi connectivity index (χ0n) is 15.4. The number of carbonyl (C=O) groups is 1. The quantitative estimate of drug-likeness (QED) is 0.748. The zero-order valence-corrected chi connectivity index (χ0v) is 15.4. The number of carbonyl (C=O) groups excluding carboxylic acids is 1.